The molecule has 3 rings (SSSR count). The van der Waals surface area contributed by atoms with Crippen molar-refractivity contribution in [3.8, 4) is 0 Å². The molecule has 7 nitrogen and oxygen atoms in total. The number of benzene rings is 2. The predicted octanol–water partition coefficient (Wildman–Crippen LogP) is 4.67. The van der Waals surface area contributed by atoms with Crippen molar-refractivity contribution < 1.29 is 9.72 Å². The number of anilines is 1. The van der Waals surface area contributed by atoms with Crippen molar-refractivity contribution >= 4 is 28.9 Å². The van der Waals surface area contributed by atoms with Crippen molar-refractivity contribution in [2.45, 2.75) is 27.3 Å². The molecule has 2 aromatic carbocycles. The molecule has 0 unspecified atom stereocenters. The summed E-state index contributed by atoms with van der Waals surface area (Å²) in [7, 11) is 0. The van der Waals surface area contributed by atoms with Gasteiger partial charge in [-0.1, -0.05) is 23.7 Å². The number of carbonyl (C=O) groups is 1. The standard InChI is InChI=1S/C20H19ClN4O3/c1-12-10-17(8-9-18(12)21)22-20(26)16-6-4-15(5-7-16)11-24-14(3)19(25(27)28)13(2)23-24/h4-10H,11H2,1-3H3,(H,22,26). The predicted molar refractivity (Wildman–Crippen MR) is 108 cm³/mol. The molecule has 144 valence electrons. The highest BCUT2D eigenvalue weighted by Gasteiger charge is 2.21. The maximum absolute atomic E-state index is 12.4. The first kappa shape index (κ1) is 19.6. The molecule has 0 saturated carbocycles. The fourth-order valence-corrected chi connectivity index (χ4v) is 3.08. The van der Waals surface area contributed by atoms with Gasteiger partial charge in [0.15, 0.2) is 0 Å². The molecule has 1 heterocycles. The zero-order valence-electron chi connectivity index (χ0n) is 15.7. The van der Waals surface area contributed by atoms with Crippen LogP contribution in [0.1, 0.15) is 32.9 Å². The molecule has 3 aromatic rings. The van der Waals surface area contributed by atoms with Gasteiger partial charge >= 0.3 is 5.69 Å². The minimum Gasteiger partial charge on any atom is -0.322 e. The number of nitrogens with one attached hydrogen (secondary N) is 1. The molecule has 1 aromatic heterocycles. The molecule has 0 aliphatic carbocycles. The molecule has 0 aliphatic rings. The lowest BCUT2D eigenvalue weighted by Gasteiger charge is -2.08. The molecule has 0 atom stereocenters. The number of hydrogen-bond acceptors (Lipinski definition) is 4. The van der Waals surface area contributed by atoms with E-state index >= 15 is 0 Å². The average molecular weight is 399 g/mol. The first-order valence-corrected chi connectivity index (χ1v) is 8.99. The van der Waals surface area contributed by atoms with E-state index in [2.05, 4.69) is 10.4 Å². The van der Waals surface area contributed by atoms with Gasteiger partial charge in [-0.05, 0) is 62.2 Å². The van der Waals surface area contributed by atoms with Crippen molar-refractivity contribution in [2.24, 2.45) is 0 Å². The lowest BCUT2D eigenvalue weighted by molar-refractivity contribution is -0.386. The lowest BCUT2D eigenvalue weighted by atomic mass is 10.1. The molecule has 1 amide bonds. The molecule has 0 saturated heterocycles. The van der Waals surface area contributed by atoms with Crippen LogP contribution >= 0.6 is 11.6 Å². The maximum Gasteiger partial charge on any atom is 0.312 e. The van der Waals surface area contributed by atoms with Crippen molar-refractivity contribution in [3.05, 3.63) is 85.7 Å². The Morgan fingerprint density at radius 2 is 1.86 bits per heavy atom. The minimum absolute atomic E-state index is 0.0363. The van der Waals surface area contributed by atoms with Gasteiger partial charge in [0.2, 0.25) is 0 Å². The number of aryl methyl sites for hydroxylation is 2. The van der Waals surface area contributed by atoms with Crippen molar-refractivity contribution in [2.75, 3.05) is 5.32 Å². The third-order valence-corrected chi connectivity index (χ3v) is 4.91. The van der Waals surface area contributed by atoms with Gasteiger partial charge in [0.05, 0.1) is 11.5 Å². The highest BCUT2D eigenvalue weighted by molar-refractivity contribution is 6.31. The Morgan fingerprint density at radius 3 is 2.43 bits per heavy atom. The number of halogens is 1. The number of carbonyl (C=O) groups excluding carboxylic acids is 1. The lowest BCUT2D eigenvalue weighted by Crippen LogP contribution is -2.12. The Labute approximate surface area is 167 Å². The topological polar surface area (TPSA) is 90.1 Å². The summed E-state index contributed by atoms with van der Waals surface area (Å²) in [6.45, 7) is 5.55. The molecule has 8 heteroatoms. The van der Waals surface area contributed by atoms with Gasteiger partial charge in [0.25, 0.3) is 5.91 Å². The third kappa shape index (κ3) is 4.04. The highest BCUT2D eigenvalue weighted by atomic mass is 35.5. The van der Waals surface area contributed by atoms with E-state index in [1.165, 1.54) is 0 Å². The summed E-state index contributed by atoms with van der Waals surface area (Å²) >= 11 is 6.00. The van der Waals surface area contributed by atoms with Crippen LogP contribution in [0.5, 0.6) is 0 Å². The zero-order valence-corrected chi connectivity index (χ0v) is 16.4. The molecular weight excluding hydrogens is 380 g/mol. The molecule has 1 N–H and O–H groups in total. The van der Waals surface area contributed by atoms with E-state index < -0.39 is 4.92 Å². The summed E-state index contributed by atoms with van der Waals surface area (Å²) in [4.78, 5) is 23.1. The number of nitro groups is 1. The second-order valence-corrected chi connectivity index (χ2v) is 6.96. The van der Waals surface area contributed by atoms with Gasteiger partial charge in [-0.2, -0.15) is 5.10 Å². The van der Waals surface area contributed by atoms with Crippen LogP contribution in [0.15, 0.2) is 42.5 Å². The Balaban J connectivity index is 1.73. The summed E-state index contributed by atoms with van der Waals surface area (Å²) in [6.07, 6.45) is 0. The summed E-state index contributed by atoms with van der Waals surface area (Å²) in [5.41, 5.74) is 3.88. The van der Waals surface area contributed by atoms with Crippen molar-refractivity contribution in [1.29, 1.82) is 0 Å². The van der Waals surface area contributed by atoms with Crippen LogP contribution < -0.4 is 5.32 Å². The molecule has 28 heavy (non-hydrogen) atoms. The SMILES string of the molecule is Cc1cc(NC(=O)c2ccc(Cn3nc(C)c([N+](=O)[O-])c3C)cc2)ccc1Cl. The molecule has 0 radical (unpaired) electrons. The normalized spacial score (nSPS) is 10.7. The highest BCUT2D eigenvalue weighted by Crippen LogP contribution is 2.23. The Morgan fingerprint density at radius 1 is 1.18 bits per heavy atom. The van der Waals surface area contributed by atoms with Crippen LogP contribution in [0.4, 0.5) is 11.4 Å². The first-order valence-electron chi connectivity index (χ1n) is 8.61. The molecule has 0 bridgehead atoms. The van der Waals surface area contributed by atoms with E-state index in [0.29, 0.717) is 34.2 Å². The van der Waals surface area contributed by atoms with Crippen LogP contribution in [0.3, 0.4) is 0 Å². The molecule has 0 fully saturated rings. The van der Waals surface area contributed by atoms with Gasteiger partial charge in [-0.15, -0.1) is 0 Å². The van der Waals surface area contributed by atoms with Crippen molar-refractivity contribution in [1.82, 2.24) is 9.78 Å². The zero-order chi connectivity index (χ0) is 20.4. The Kier molecular flexibility index (Phi) is 5.46. The summed E-state index contributed by atoms with van der Waals surface area (Å²) in [6, 6.07) is 12.3. The minimum atomic E-state index is -0.417. The van der Waals surface area contributed by atoms with E-state index in [0.717, 1.165) is 11.1 Å². The second kappa shape index (κ2) is 7.82. The van der Waals surface area contributed by atoms with Gasteiger partial charge in [0, 0.05) is 16.3 Å². The first-order chi connectivity index (χ1) is 13.3. The molecular formula is C20H19ClN4O3. The van der Waals surface area contributed by atoms with E-state index in [4.69, 9.17) is 11.6 Å². The van der Waals surface area contributed by atoms with E-state index in [-0.39, 0.29) is 11.6 Å². The summed E-state index contributed by atoms with van der Waals surface area (Å²) < 4.78 is 1.60. The van der Waals surface area contributed by atoms with Crippen LogP contribution in [0.2, 0.25) is 5.02 Å². The van der Waals surface area contributed by atoms with Crippen LogP contribution in [-0.4, -0.2) is 20.6 Å². The molecule has 0 aliphatic heterocycles. The largest absolute Gasteiger partial charge is 0.322 e. The van der Waals surface area contributed by atoms with E-state index in [9.17, 15) is 14.9 Å². The number of amides is 1. The number of aromatic nitrogens is 2. The van der Waals surface area contributed by atoms with E-state index in [1.807, 2.05) is 25.1 Å². The summed E-state index contributed by atoms with van der Waals surface area (Å²) in [5.74, 6) is -0.227. The Bertz CT molecular complexity index is 1060. The van der Waals surface area contributed by atoms with Crippen LogP contribution in [0.25, 0.3) is 0 Å². The third-order valence-electron chi connectivity index (χ3n) is 4.49. The van der Waals surface area contributed by atoms with Gasteiger partial charge < -0.3 is 5.32 Å². The van der Waals surface area contributed by atoms with Crippen LogP contribution in [-0.2, 0) is 6.54 Å². The van der Waals surface area contributed by atoms with Crippen LogP contribution in [0, 0.1) is 30.9 Å². The van der Waals surface area contributed by atoms with E-state index in [1.54, 1.807) is 42.8 Å². The smallest absolute Gasteiger partial charge is 0.312 e. The molecule has 0 spiro atoms. The van der Waals surface area contributed by atoms with Gasteiger partial charge in [-0.25, -0.2) is 0 Å². The monoisotopic (exact) mass is 398 g/mol. The Hall–Kier alpha value is -3.19. The van der Waals surface area contributed by atoms with Crippen molar-refractivity contribution in [3.63, 3.8) is 0 Å². The fraction of sp³-hybridized carbons (Fsp3) is 0.200. The quantitative estimate of drug-likeness (QED) is 0.499. The van der Waals surface area contributed by atoms with Gasteiger partial charge in [-0.3, -0.25) is 19.6 Å². The maximum atomic E-state index is 12.4. The number of hydrogen-bond donors (Lipinski definition) is 1. The number of nitrogens with zero attached hydrogens (tertiary/aromatic N) is 3. The summed E-state index contributed by atoms with van der Waals surface area (Å²) in [5, 5.41) is 18.8. The fourth-order valence-electron chi connectivity index (χ4n) is 2.97. The number of rotatable bonds is 5. The second-order valence-electron chi connectivity index (χ2n) is 6.55. The average Bonchev–Trinajstić information content (AvgIpc) is 2.92. The van der Waals surface area contributed by atoms with Gasteiger partial charge in [0.1, 0.15) is 11.4 Å².